The van der Waals surface area contributed by atoms with Gasteiger partial charge in [-0.2, -0.15) is 0 Å². The van der Waals surface area contributed by atoms with Gasteiger partial charge >= 0.3 is 0 Å². The predicted octanol–water partition coefficient (Wildman–Crippen LogP) is 3.31. The van der Waals surface area contributed by atoms with Gasteiger partial charge in [-0.05, 0) is 42.0 Å². The van der Waals surface area contributed by atoms with Crippen molar-refractivity contribution >= 4 is 23.2 Å². The first-order valence-electron chi connectivity index (χ1n) is 7.96. The molecule has 2 aliphatic heterocycles. The number of nitrogens with zero attached hydrogens (tertiary/aromatic N) is 2. The summed E-state index contributed by atoms with van der Waals surface area (Å²) in [6.45, 7) is 3.42. The van der Waals surface area contributed by atoms with E-state index >= 15 is 0 Å². The molecule has 3 heterocycles. The molecule has 4 rings (SSSR count). The smallest absolute Gasteiger partial charge is 0.262 e. The lowest BCUT2D eigenvalue weighted by Gasteiger charge is -2.37. The van der Waals surface area contributed by atoms with Crippen molar-refractivity contribution < 1.29 is 9.59 Å². The maximum atomic E-state index is 12.6. The Balaban J connectivity index is 1.60. The van der Waals surface area contributed by atoms with Crippen LogP contribution in [0.3, 0.4) is 0 Å². The fourth-order valence-corrected chi connectivity index (χ4v) is 4.57. The zero-order valence-electron chi connectivity index (χ0n) is 13.0. The third kappa shape index (κ3) is 2.23. The van der Waals surface area contributed by atoms with Crippen LogP contribution in [0.2, 0.25) is 0 Å². The maximum absolute atomic E-state index is 12.6. The second-order valence-corrected chi connectivity index (χ2v) is 7.01. The first-order valence-corrected chi connectivity index (χ1v) is 8.84. The van der Waals surface area contributed by atoms with Crippen molar-refractivity contribution in [1.29, 1.82) is 0 Å². The Bertz CT molecular complexity index is 748. The summed E-state index contributed by atoms with van der Waals surface area (Å²) in [5.41, 5.74) is 2.41. The Kier molecular flexibility index (Phi) is 3.54. The minimum Gasteiger partial charge on any atom is -0.278 e. The minimum atomic E-state index is -0.170. The molecule has 4 nitrogen and oxygen atoms in total. The largest absolute Gasteiger partial charge is 0.278 e. The van der Waals surface area contributed by atoms with Crippen LogP contribution < -0.4 is 0 Å². The van der Waals surface area contributed by atoms with Gasteiger partial charge in [0.15, 0.2) is 0 Å². The number of amides is 2. The highest BCUT2D eigenvalue weighted by atomic mass is 32.1. The fraction of sp³-hybridized carbons (Fsp3) is 0.333. The SMILES string of the molecule is CC[C@H]1c2ccsc2CCN1CN1C(=O)c2ccccc2C1=O. The number of fused-ring (bicyclic) bond motifs is 2. The standard InChI is InChI=1S/C18H18N2O2S/c1-2-15-14-8-10-23-16(14)7-9-19(15)11-20-17(21)12-5-3-4-6-13(12)18(20)22/h3-6,8,10,15H,2,7,9,11H2,1H3/t15-/m0/s1. The summed E-state index contributed by atoms with van der Waals surface area (Å²) in [4.78, 5) is 30.2. The van der Waals surface area contributed by atoms with Crippen molar-refractivity contribution in [1.82, 2.24) is 9.80 Å². The molecule has 1 aromatic heterocycles. The van der Waals surface area contributed by atoms with E-state index in [0.29, 0.717) is 17.8 Å². The fourth-order valence-electron chi connectivity index (χ4n) is 3.64. The van der Waals surface area contributed by atoms with Crippen LogP contribution in [-0.2, 0) is 6.42 Å². The first kappa shape index (κ1) is 14.6. The molecule has 5 heteroatoms. The Hall–Kier alpha value is -1.98. The molecule has 1 atom stereocenters. The second-order valence-electron chi connectivity index (χ2n) is 6.01. The zero-order valence-corrected chi connectivity index (χ0v) is 13.8. The average molecular weight is 326 g/mol. The molecule has 0 aliphatic carbocycles. The van der Waals surface area contributed by atoms with Crippen LogP contribution in [0.5, 0.6) is 0 Å². The molecular weight excluding hydrogens is 308 g/mol. The van der Waals surface area contributed by atoms with Crippen molar-refractivity contribution in [3.05, 3.63) is 57.3 Å². The molecule has 0 spiro atoms. The lowest BCUT2D eigenvalue weighted by Crippen LogP contribution is -2.45. The van der Waals surface area contributed by atoms with Crippen molar-refractivity contribution in [2.45, 2.75) is 25.8 Å². The number of hydrogen-bond acceptors (Lipinski definition) is 4. The molecule has 0 bridgehead atoms. The van der Waals surface area contributed by atoms with Gasteiger partial charge in [0, 0.05) is 17.5 Å². The van der Waals surface area contributed by atoms with Crippen LogP contribution in [-0.4, -0.2) is 34.8 Å². The van der Waals surface area contributed by atoms with Gasteiger partial charge in [-0.1, -0.05) is 19.1 Å². The minimum absolute atomic E-state index is 0.170. The van der Waals surface area contributed by atoms with E-state index in [4.69, 9.17) is 0 Å². The summed E-state index contributed by atoms with van der Waals surface area (Å²) < 4.78 is 0. The first-order chi connectivity index (χ1) is 11.2. The van der Waals surface area contributed by atoms with Crippen molar-refractivity contribution in [2.75, 3.05) is 13.2 Å². The molecule has 0 fully saturated rings. The average Bonchev–Trinajstić information content (AvgIpc) is 3.14. The van der Waals surface area contributed by atoms with Crippen molar-refractivity contribution in [3.63, 3.8) is 0 Å². The monoisotopic (exact) mass is 326 g/mol. The van der Waals surface area contributed by atoms with Gasteiger partial charge in [-0.3, -0.25) is 19.4 Å². The number of hydrogen-bond donors (Lipinski definition) is 0. The number of imide groups is 1. The van der Waals surface area contributed by atoms with Crippen LogP contribution in [0.15, 0.2) is 35.7 Å². The number of thiophene rings is 1. The van der Waals surface area contributed by atoms with Crippen LogP contribution in [0, 0.1) is 0 Å². The van der Waals surface area contributed by atoms with Gasteiger partial charge in [-0.15, -0.1) is 11.3 Å². The van der Waals surface area contributed by atoms with E-state index in [2.05, 4.69) is 23.3 Å². The molecule has 2 aliphatic rings. The Labute approximate surface area is 139 Å². The van der Waals surface area contributed by atoms with Crippen LogP contribution in [0.1, 0.15) is 50.5 Å². The number of rotatable bonds is 3. The molecule has 0 saturated carbocycles. The highest BCUT2D eigenvalue weighted by Crippen LogP contribution is 2.36. The summed E-state index contributed by atoms with van der Waals surface area (Å²) in [6.07, 6.45) is 1.97. The highest BCUT2D eigenvalue weighted by Gasteiger charge is 2.38. The van der Waals surface area contributed by atoms with Crippen LogP contribution in [0.4, 0.5) is 0 Å². The molecule has 1 aromatic carbocycles. The van der Waals surface area contributed by atoms with Gasteiger partial charge in [0.2, 0.25) is 0 Å². The van der Waals surface area contributed by atoms with Crippen LogP contribution >= 0.6 is 11.3 Å². The third-order valence-electron chi connectivity index (χ3n) is 4.79. The summed E-state index contributed by atoms with van der Waals surface area (Å²) >= 11 is 1.81. The van der Waals surface area contributed by atoms with E-state index in [9.17, 15) is 9.59 Å². The van der Waals surface area contributed by atoms with Gasteiger partial charge in [-0.25, -0.2) is 0 Å². The maximum Gasteiger partial charge on any atom is 0.262 e. The van der Waals surface area contributed by atoms with Crippen LogP contribution in [0.25, 0.3) is 0 Å². The van der Waals surface area contributed by atoms with Gasteiger partial charge < -0.3 is 0 Å². The molecule has 23 heavy (non-hydrogen) atoms. The van der Waals surface area contributed by atoms with E-state index < -0.39 is 0 Å². The normalized spacial score (nSPS) is 20.7. The van der Waals surface area contributed by atoms with Crippen molar-refractivity contribution in [2.24, 2.45) is 0 Å². The lowest BCUT2D eigenvalue weighted by atomic mass is 9.98. The molecule has 118 valence electrons. The van der Waals surface area contributed by atoms with Gasteiger partial charge in [0.05, 0.1) is 17.8 Å². The summed E-state index contributed by atoms with van der Waals surface area (Å²) in [5.74, 6) is -0.340. The van der Waals surface area contributed by atoms with Crippen molar-refractivity contribution in [3.8, 4) is 0 Å². The molecular formula is C18H18N2O2S. The quantitative estimate of drug-likeness (QED) is 0.813. The summed E-state index contributed by atoms with van der Waals surface area (Å²) in [5, 5.41) is 2.14. The Morgan fingerprint density at radius 2 is 1.83 bits per heavy atom. The van der Waals surface area contributed by atoms with E-state index in [-0.39, 0.29) is 17.9 Å². The summed E-state index contributed by atoms with van der Waals surface area (Å²) in [7, 11) is 0. The highest BCUT2D eigenvalue weighted by molar-refractivity contribution is 7.10. The van der Waals surface area contributed by atoms with Gasteiger partial charge in [0.25, 0.3) is 11.8 Å². The van der Waals surface area contributed by atoms with Gasteiger partial charge in [0.1, 0.15) is 0 Å². The molecule has 0 N–H and O–H groups in total. The number of carbonyl (C=O) groups excluding carboxylic acids is 2. The molecule has 0 unspecified atom stereocenters. The molecule has 0 radical (unpaired) electrons. The summed E-state index contributed by atoms with van der Waals surface area (Å²) in [6, 6.07) is 9.55. The van der Waals surface area contributed by atoms with E-state index in [1.807, 2.05) is 0 Å². The lowest BCUT2D eigenvalue weighted by molar-refractivity contribution is 0.0463. The molecule has 2 amide bonds. The number of carbonyl (C=O) groups is 2. The Morgan fingerprint density at radius 1 is 1.13 bits per heavy atom. The van der Waals surface area contributed by atoms with E-state index in [0.717, 1.165) is 19.4 Å². The second kappa shape index (κ2) is 5.58. The third-order valence-corrected chi connectivity index (χ3v) is 5.79. The van der Waals surface area contributed by atoms with E-state index in [1.165, 1.54) is 15.3 Å². The van der Waals surface area contributed by atoms with E-state index in [1.54, 1.807) is 35.6 Å². The predicted molar refractivity (Wildman–Crippen MR) is 89.6 cm³/mol. The molecule has 2 aromatic rings. The zero-order chi connectivity index (χ0) is 16.0. The Morgan fingerprint density at radius 3 is 2.48 bits per heavy atom. The molecule has 0 saturated heterocycles. The number of benzene rings is 1. The topological polar surface area (TPSA) is 40.6 Å².